The van der Waals surface area contributed by atoms with Gasteiger partial charge in [0.15, 0.2) is 5.01 Å². The van der Waals surface area contributed by atoms with E-state index in [1.165, 1.54) is 24.5 Å². The van der Waals surface area contributed by atoms with E-state index >= 15 is 0 Å². The molecule has 0 aliphatic carbocycles. The molecular weight excluding hydrogens is 210 g/mol. The molecule has 15 heavy (non-hydrogen) atoms. The quantitative estimate of drug-likeness (QED) is 0.337. The Kier molecular flexibility index (Phi) is 4.32. The summed E-state index contributed by atoms with van der Waals surface area (Å²) in [4.78, 5) is 14.8. The van der Waals surface area contributed by atoms with Crippen molar-refractivity contribution >= 4 is 23.4 Å². The summed E-state index contributed by atoms with van der Waals surface area (Å²) in [6, 6.07) is 0. The molecule has 0 aliphatic rings. The minimum atomic E-state index is -0.387. The maximum atomic E-state index is 10.7. The van der Waals surface area contributed by atoms with Gasteiger partial charge in [-0.3, -0.25) is 0 Å². The molecule has 0 saturated carbocycles. The van der Waals surface area contributed by atoms with Gasteiger partial charge in [0.05, 0.1) is 12.8 Å². The zero-order valence-electron chi connectivity index (χ0n) is 8.14. The van der Waals surface area contributed by atoms with Crippen LogP contribution < -0.4 is 0 Å². The maximum Gasteiger partial charge on any atom is 0.330 e. The van der Waals surface area contributed by atoms with Gasteiger partial charge in [0.1, 0.15) is 0 Å². The van der Waals surface area contributed by atoms with Gasteiger partial charge in [-0.05, 0) is 12.0 Å². The standard InChI is InChI=1S/C11H9NO2S/c1-3-10-12-9(8-15-10)6-4-5-7-11(13)14-2/h1,4-8H,2H3/b6-4+,7-5+. The zero-order chi connectivity index (χ0) is 11.1. The Morgan fingerprint density at radius 3 is 3.07 bits per heavy atom. The van der Waals surface area contributed by atoms with Gasteiger partial charge in [-0.15, -0.1) is 17.8 Å². The van der Waals surface area contributed by atoms with Crippen molar-refractivity contribution in [1.82, 2.24) is 4.98 Å². The molecule has 0 spiro atoms. The van der Waals surface area contributed by atoms with Crippen molar-refractivity contribution < 1.29 is 9.53 Å². The monoisotopic (exact) mass is 219 g/mol. The van der Waals surface area contributed by atoms with E-state index in [1.54, 1.807) is 18.2 Å². The van der Waals surface area contributed by atoms with Gasteiger partial charge in [-0.2, -0.15) is 0 Å². The van der Waals surface area contributed by atoms with E-state index in [1.807, 2.05) is 5.38 Å². The minimum Gasteiger partial charge on any atom is -0.466 e. The summed E-state index contributed by atoms with van der Waals surface area (Å²) in [6.07, 6.45) is 11.5. The lowest BCUT2D eigenvalue weighted by Crippen LogP contribution is -1.92. The summed E-state index contributed by atoms with van der Waals surface area (Å²) < 4.78 is 4.42. The lowest BCUT2D eigenvalue weighted by molar-refractivity contribution is -0.134. The van der Waals surface area contributed by atoms with Crippen LogP contribution >= 0.6 is 11.3 Å². The second-order valence-electron chi connectivity index (χ2n) is 2.46. The predicted octanol–water partition coefficient (Wildman–Crippen LogP) is 1.87. The number of carbonyl (C=O) groups excluding carboxylic acids is 1. The fourth-order valence-corrected chi connectivity index (χ4v) is 1.38. The number of esters is 1. The molecule has 0 saturated heterocycles. The molecular formula is C11H9NO2S. The average Bonchev–Trinajstić information content (AvgIpc) is 2.72. The molecule has 0 radical (unpaired) electrons. The summed E-state index contributed by atoms with van der Waals surface area (Å²) in [7, 11) is 1.33. The number of hydrogen-bond acceptors (Lipinski definition) is 4. The summed E-state index contributed by atoms with van der Waals surface area (Å²) >= 11 is 1.40. The smallest absolute Gasteiger partial charge is 0.330 e. The SMILES string of the molecule is C#Cc1nc(/C=C/C=C/C(=O)OC)cs1. The molecule has 0 aliphatic heterocycles. The first-order valence-electron chi connectivity index (χ1n) is 4.11. The molecule has 0 bridgehead atoms. The molecule has 0 aromatic carbocycles. The first-order valence-corrected chi connectivity index (χ1v) is 4.99. The van der Waals surface area contributed by atoms with E-state index < -0.39 is 0 Å². The Labute approximate surface area is 92.1 Å². The van der Waals surface area contributed by atoms with Crippen molar-refractivity contribution in [2.75, 3.05) is 7.11 Å². The molecule has 0 N–H and O–H groups in total. The molecule has 0 unspecified atom stereocenters. The fraction of sp³-hybridized carbons (Fsp3) is 0.0909. The molecule has 3 nitrogen and oxygen atoms in total. The molecule has 0 amide bonds. The van der Waals surface area contributed by atoms with Crippen molar-refractivity contribution in [1.29, 1.82) is 0 Å². The van der Waals surface area contributed by atoms with Crippen molar-refractivity contribution in [3.8, 4) is 12.3 Å². The number of carbonyl (C=O) groups is 1. The molecule has 4 heteroatoms. The highest BCUT2D eigenvalue weighted by Gasteiger charge is 1.93. The summed E-state index contributed by atoms with van der Waals surface area (Å²) in [5.41, 5.74) is 0.780. The van der Waals surface area contributed by atoms with Crippen LogP contribution in [0.25, 0.3) is 6.08 Å². The molecule has 1 rings (SSSR count). The van der Waals surface area contributed by atoms with Crippen molar-refractivity contribution in [2.45, 2.75) is 0 Å². The van der Waals surface area contributed by atoms with Crippen molar-refractivity contribution in [3.05, 3.63) is 34.3 Å². The van der Waals surface area contributed by atoms with E-state index in [-0.39, 0.29) is 5.97 Å². The lowest BCUT2D eigenvalue weighted by atomic mass is 10.4. The summed E-state index contributed by atoms with van der Waals surface area (Å²) in [5.74, 6) is 2.06. The maximum absolute atomic E-state index is 10.7. The molecule has 0 fully saturated rings. The van der Waals surface area contributed by atoms with Crippen LogP contribution in [0.4, 0.5) is 0 Å². The van der Waals surface area contributed by atoms with Gasteiger partial charge in [-0.1, -0.05) is 12.2 Å². The molecule has 76 valence electrons. The van der Waals surface area contributed by atoms with Crippen LogP contribution in [0.2, 0.25) is 0 Å². The van der Waals surface area contributed by atoms with Gasteiger partial charge < -0.3 is 4.74 Å². The van der Waals surface area contributed by atoms with Crippen LogP contribution in [-0.4, -0.2) is 18.1 Å². The van der Waals surface area contributed by atoms with Crippen LogP contribution in [0, 0.1) is 12.3 Å². The summed E-state index contributed by atoms with van der Waals surface area (Å²) in [6.45, 7) is 0. The van der Waals surface area contributed by atoms with Crippen molar-refractivity contribution in [3.63, 3.8) is 0 Å². The van der Waals surface area contributed by atoms with Gasteiger partial charge in [-0.25, -0.2) is 9.78 Å². The van der Waals surface area contributed by atoms with E-state index in [0.29, 0.717) is 5.01 Å². The third-order valence-corrected chi connectivity index (χ3v) is 2.25. The van der Waals surface area contributed by atoms with Gasteiger partial charge in [0, 0.05) is 11.5 Å². The third kappa shape index (κ3) is 3.79. The number of methoxy groups -OCH3 is 1. The van der Waals surface area contributed by atoms with Crippen LogP contribution in [-0.2, 0) is 9.53 Å². The Hall–Kier alpha value is -1.86. The predicted molar refractivity (Wildman–Crippen MR) is 60.2 cm³/mol. The van der Waals surface area contributed by atoms with Crippen LogP contribution in [0.15, 0.2) is 23.6 Å². The number of nitrogens with zero attached hydrogens (tertiary/aromatic N) is 1. The highest BCUT2D eigenvalue weighted by atomic mass is 32.1. The van der Waals surface area contributed by atoms with Gasteiger partial charge in [0.2, 0.25) is 0 Å². The van der Waals surface area contributed by atoms with E-state index in [4.69, 9.17) is 6.42 Å². The van der Waals surface area contributed by atoms with E-state index in [0.717, 1.165) is 5.69 Å². The first-order chi connectivity index (χ1) is 7.26. The van der Waals surface area contributed by atoms with Crippen LogP contribution in [0.3, 0.4) is 0 Å². The molecule has 0 atom stereocenters. The molecule has 1 heterocycles. The Balaban J connectivity index is 2.55. The lowest BCUT2D eigenvalue weighted by Gasteiger charge is -1.86. The number of allylic oxidation sites excluding steroid dienone is 2. The second-order valence-corrected chi connectivity index (χ2v) is 3.32. The minimum absolute atomic E-state index is 0.387. The van der Waals surface area contributed by atoms with Crippen LogP contribution in [0.1, 0.15) is 10.7 Å². The van der Waals surface area contributed by atoms with Gasteiger partial charge in [0.25, 0.3) is 0 Å². The number of thiazole rings is 1. The van der Waals surface area contributed by atoms with Gasteiger partial charge >= 0.3 is 5.97 Å². The number of aromatic nitrogens is 1. The highest BCUT2D eigenvalue weighted by molar-refractivity contribution is 7.10. The van der Waals surface area contributed by atoms with Crippen molar-refractivity contribution in [2.24, 2.45) is 0 Å². The largest absolute Gasteiger partial charge is 0.466 e. The Morgan fingerprint density at radius 2 is 2.47 bits per heavy atom. The second kappa shape index (κ2) is 5.78. The van der Waals surface area contributed by atoms with Crippen LogP contribution in [0.5, 0.6) is 0 Å². The third-order valence-electron chi connectivity index (χ3n) is 1.46. The average molecular weight is 219 g/mol. The zero-order valence-corrected chi connectivity index (χ0v) is 8.95. The normalized spacial score (nSPS) is 10.7. The topological polar surface area (TPSA) is 39.2 Å². The Morgan fingerprint density at radius 1 is 1.67 bits per heavy atom. The Bertz CT molecular complexity index is 438. The number of rotatable bonds is 3. The first kappa shape index (κ1) is 11.2. The number of terminal acetylenes is 1. The summed E-state index contributed by atoms with van der Waals surface area (Å²) in [5, 5.41) is 2.49. The molecule has 1 aromatic heterocycles. The highest BCUT2D eigenvalue weighted by Crippen LogP contribution is 2.09. The number of hydrogen-bond donors (Lipinski definition) is 0. The molecule has 1 aromatic rings. The van der Waals surface area contributed by atoms with E-state index in [9.17, 15) is 4.79 Å². The fourth-order valence-electron chi connectivity index (χ4n) is 0.785. The number of ether oxygens (including phenoxy) is 1. The van der Waals surface area contributed by atoms with E-state index in [2.05, 4.69) is 15.6 Å².